The first-order valence-electron chi connectivity index (χ1n) is 9.73. The zero-order valence-corrected chi connectivity index (χ0v) is 18.1. The summed E-state index contributed by atoms with van der Waals surface area (Å²) in [5.41, 5.74) is 3.07. The maximum Gasteiger partial charge on any atom is 0.421 e. The van der Waals surface area contributed by atoms with Crippen LogP contribution in [-0.4, -0.2) is 62.3 Å². The van der Waals surface area contributed by atoms with Gasteiger partial charge >= 0.3 is 6.18 Å². The lowest BCUT2D eigenvalue weighted by Crippen LogP contribution is -2.46. The van der Waals surface area contributed by atoms with E-state index in [2.05, 4.69) is 16.2 Å². The van der Waals surface area contributed by atoms with Gasteiger partial charge in [0.15, 0.2) is 5.60 Å². The summed E-state index contributed by atoms with van der Waals surface area (Å²) < 4.78 is 63.4. The maximum atomic E-state index is 13.0. The zero-order valence-electron chi connectivity index (χ0n) is 17.3. The number of sulfone groups is 1. The Balaban J connectivity index is 1.56. The second-order valence-electron chi connectivity index (χ2n) is 7.58. The summed E-state index contributed by atoms with van der Waals surface area (Å²) in [6.07, 6.45) is -3.60. The van der Waals surface area contributed by atoms with Gasteiger partial charge in [0.25, 0.3) is 0 Å². The van der Waals surface area contributed by atoms with Gasteiger partial charge in [0.05, 0.1) is 11.4 Å². The number of hydrogen-bond acceptors (Lipinski definition) is 7. The Morgan fingerprint density at radius 3 is 2.25 bits per heavy atom. The molecule has 2 heterocycles. The van der Waals surface area contributed by atoms with Crippen LogP contribution in [0.1, 0.15) is 12.5 Å². The number of nitrogens with zero attached hydrogens (tertiary/aromatic N) is 3. The van der Waals surface area contributed by atoms with E-state index in [0.717, 1.165) is 18.8 Å². The largest absolute Gasteiger partial charge is 0.421 e. The van der Waals surface area contributed by atoms with E-state index in [0.29, 0.717) is 26.2 Å². The standard InChI is InChI=1S/C21H23F3N4O3S/c1-20(29,21(22,23)24)16-3-5-17(6-4-16)28-12-10-27(11-13-28)9-2-14-32(30,31)18-7-8-19(25)26-15-18/h3-8,15,29H,9-13H2,1H3,(H2,25,26)/t20-/m0/s1. The number of nitrogens with two attached hydrogens (primary N) is 1. The van der Waals surface area contributed by atoms with Crippen LogP contribution in [0.4, 0.5) is 24.7 Å². The SMILES string of the molecule is C[C@](O)(c1ccc(N2CCN(CC#CS(=O)(=O)c3ccc(N)nc3)CC2)cc1)C(F)(F)F. The van der Waals surface area contributed by atoms with Crippen molar-refractivity contribution in [2.24, 2.45) is 0 Å². The zero-order chi connectivity index (χ0) is 23.6. The molecular formula is C21H23F3N4O3S. The van der Waals surface area contributed by atoms with E-state index >= 15 is 0 Å². The number of piperazine rings is 1. The molecule has 1 aliphatic heterocycles. The van der Waals surface area contributed by atoms with E-state index in [1.165, 1.54) is 24.3 Å². The number of pyridine rings is 1. The Hall–Kier alpha value is -2.81. The molecule has 32 heavy (non-hydrogen) atoms. The summed E-state index contributed by atoms with van der Waals surface area (Å²) in [6, 6.07) is 8.40. The third-order valence-electron chi connectivity index (χ3n) is 5.30. The smallest absolute Gasteiger partial charge is 0.384 e. The molecular weight excluding hydrogens is 445 g/mol. The topological polar surface area (TPSA) is 99.8 Å². The normalized spacial score (nSPS) is 17.3. The van der Waals surface area contributed by atoms with E-state index in [1.54, 1.807) is 12.1 Å². The van der Waals surface area contributed by atoms with Gasteiger partial charge in [0, 0.05) is 43.3 Å². The van der Waals surface area contributed by atoms with Crippen LogP contribution in [0, 0.1) is 11.2 Å². The highest BCUT2D eigenvalue weighted by molar-refractivity contribution is 7.96. The minimum absolute atomic E-state index is 0.0167. The Kier molecular flexibility index (Phi) is 6.69. The minimum Gasteiger partial charge on any atom is -0.384 e. The van der Waals surface area contributed by atoms with Crippen molar-refractivity contribution in [1.82, 2.24) is 9.88 Å². The van der Waals surface area contributed by atoms with Crippen molar-refractivity contribution >= 4 is 21.3 Å². The Morgan fingerprint density at radius 1 is 1.09 bits per heavy atom. The Labute approximate surface area is 184 Å². The lowest BCUT2D eigenvalue weighted by molar-refractivity contribution is -0.258. The molecule has 1 fully saturated rings. The molecule has 172 valence electrons. The van der Waals surface area contributed by atoms with Crippen molar-refractivity contribution in [3.8, 4) is 11.2 Å². The minimum atomic E-state index is -4.76. The Bertz CT molecular complexity index is 1100. The fourth-order valence-electron chi connectivity index (χ4n) is 3.17. The molecule has 1 aromatic heterocycles. The highest BCUT2D eigenvalue weighted by atomic mass is 32.2. The molecule has 0 amide bonds. The molecule has 0 aliphatic carbocycles. The molecule has 7 nitrogen and oxygen atoms in total. The van der Waals surface area contributed by atoms with Crippen LogP contribution in [0.15, 0.2) is 47.5 Å². The van der Waals surface area contributed by atoms with Crippen LogP contribution < -0.4 is 10.6 Å². The van der Waals surface area contributed by atoms with Crippen LogP contribution in [0.3, 0.4) is 0 Å². The number of alkyl halides is 3. The number of anilines is 2. The van der Waals surface area contributed by atoms with Gasteiger partial charge in [0.2, 0.25) is 9.84 Å². The third kappa shape index (κ3) is 5.32. The van der Waals surface area contributed by atoms with E-state index in [9.17, 15) is 26.7 Å². The molecule has 11 heteroatoms. The van der Waals surface area contributed by atoms with Crippen LogP contribution >= 0.6 is 0 Å². The molecule has 1 atom stereocenters. The molecule has 1 saturated heterocycles. The van der Waals surface area contributed by atoms with E-state index < -0.39 is 21.6 Å². The van der Waals surface area contributed by atoms with Crippen molar-refractivity contribution in [3.05, 3.63) is 48.2 Å². The van der Waals surface area contributed by atoms with Gasteiger partial charge in [-0.25, -0.2) is 13.4 Å². The quantitative estimate of drug-likeness (QED) is 0.523. The molecule has 0 spiro atoms. The average Bonchev–Trinajstić information content (AvgIpc) is 2.74. The van der Waals surface area contributed by atoms with Gasteiger partial charge in [-0.05, 0) is 36.8 Å². The van der Waals surface area contributed by atoms with Gasteiger partial charge in [0.1, 0.15) is 5.82 Å². The van der Waals surface area contributed by atoms with Crippen molar-refractivity contribution in [2.75, 3.05) is 43.4 Å². The summed E-state index contributed by atoms with van der Waals surface area (Å²) >= 11 is 0. The van der Waals surface area contributed by atoms with E-state index in [4.69, 9.17) is 5.73 Å². The maximum absolute atomic E-state index is 13.0. The summed E-state index contributed by atoms with van der Waals surface area (Å²) in [4.78, 5) is 7.74. The second kappa shape index (κ2) is 8.97. The lowest BCUT2D eigenvalue weighted by atomic mass is 9.95. The van der Waals surface area contributed by atoms with Crippen molar-refractivity contribution in [2.45, 2.75) is 23.6 Å². The molecule has 0 unspecified atom stereocenters. The van der Waals surface area contributed by atoms with Crippen LogP contribution in [0.25, 0.3) is 0 Å². The second-order valence-corrected chi connectivity index (χ2v) is 9.26. The van der Waals surface area contributed by atoms with Gasteiger partial charge in [-0.15, -0.1) is 0 Å². The molecule has 2 aromatic rings. The fourth-order valence-corrected chi connectivity index (χ4v) is 3.98. The fraction of sp³-hybridized carbons (Fsp3) is 0.381. The van der Waals surface area contributed by atoms with Crippen molar-refractivity contribution < 1.29 is 26.7 Å². The predicted octanol–water partition coefficient (Wildman–Crippen LogP) is 1.99. The van der Waals surface area contributed by atoms with E-state index in [1.807, 2.05) is 9.80 Å². The molecule has 1 aromatic carbocycles. The first-order chi connectivity index (χ1) is 14.9. The van der Waals surface area contributed by atoms with Crippen molar-refractivity contribution in [1.29, 1.82) is 0 Å². The van der Waals surface area contributed by atoms with Crippen LogP contribution in [0.5, 0.6) is 0 Å². The highest BCUT2D eigenvalue weighted by Gasteiger charge is 2.51. The summed E-state index contributed by atoms with van der Waals surface area (Å²) in [5.74, 6) is 2.90. The first kappa shape index (κ1) is 23.8. The van der Waals surface area contributed by atoms with Crippen LogP contribution in [0.2, 0.25) is 0 Å². The number of nitrogen functional groups attached to an aromatic ring is 1. The molecule has 3 rings (SSSR count). The average molecular weight is 469 g/mol. The van der Waals surface area contributed by atoms with Gasteiger partial charge in [-0.3, -0.25) is 4.90 Å². The molecule has 0 saturated carbocycles. The van der Waals surface area contributed by atoms with E-state index in [-0.39, 0.29) is 22.8 Å². The van der Waals surface area contributed by atoms with Gasteiger partial charge in [-0.2, -0.15) is 13.2 Å². The molecule has 3 N–H and O–H groups in total. The summed E-state index contributed by atoms with van der Waals surface area (Å²) in [6.45, 7) is 3.42. The number of halogens is 3. The van der Waals surface area contributed by atoms with Gasteiger partial charge in [-0.1, -0.05) is 18.1 Å². The monoisotopic (exact) mass is 468 g/mol. The van der Waals surface area contributed by atoms with Gasteiger partial charge < -0.3 is 15.7 Å². The predicted molar refractivity (Wildman–Crippen MR) is 114 cm³/mol. The summed E-state index contributed by atoms with van der Waals surface area (Å²) in [5, 5.41) is 12.1. The van der Waals surface area contributed by atoms with Crippen LogP contribution in [-0.2, 0) is 15.4 Å². The Morgan fingerprint density at radius 2 is 1.72 bits per heavy atom. The molecule has 0 radical (unpaired) electrons. The highest BCUT2D eigenvalue weighted by Crippen LogP contribution is 2.38. The molecule has 1 aliphatic rings. The number of aliphatic hydroxyl groups is 1. The summed E-state index contributed by atoms with van der Waals surface area (Å²) in [7, 11) is -3.78. The number of hydrogen-bond donors (Lipinski definition) is 2. The number of rotatable bonds is 4. The lowest BCUT2D eigenvalue weighted by Gasteiger charge is -2.35. The van der Waals surface area contributed by atoms with Crippen molar-refractivity contribution in [3.63, 3.8) is 0 Å². The third-order valence-corrected chi connectivity index (χ3v) is 6.57. The number of benzene rings is 1. The molecule has 0 bridgehead atoms. The first-order valence-corrected chi connectivity index (χ1v) is 11.2. The number of aromatic nitrogens is 1.